The highest BCUT2D eigenvalue weighted by Gasteiger charge is 2.53. The van der Waals surface area contributed by atoms with E-state index >= 15 is 0 Å². The zero-order chi connectivity index (χ0) is 24.7. The summed E-state index contributed by atoms with van der Waals surface area (Å²) in [7, 11) is 1.49. The minimum absolute atomic E-state index is 0.112. The van der Waals surface area contributed by atoms with Crippen molar-refractivity contribution in [3.8, 4) is 5.75 Å². The first-order valence-corrected chi connectivity index (χ1v) is 11.8. The summed E-state index contributed by atoms with van der Waals surface area (Å²) in [6.45, 7) is 2.04. The van der Waals surface area contributed by atoms with Gasteiger partial charge in [0.25, 0.3) is 5.91 Å². The standard InChI is InChI=1S/C24H27ClFN5O4/c1-14-11-30(24(13-35-14)8-18(32)9-24)22(33)16-7-20(34-2)21-28-23(29-31(21)12-16)27-19(10-26)15-4-3-5-17(25)6-15/h3-7,12,14,18-19,32H,8-11,13H2,1-2H3,(H,27,29)/t14-,18?,19?,24?/m0/s1. The van der Waals surface area contributed by atoms with Gasteiger partial charge in [0.15, 0.2) is 11.4 Å². The number of ether oxygens (including phenoxy) is 2. The van der Waals surface area contributed by atoms with Gasteiger partial charge in [-0.3, -0.25) is 4.79 Å². The molecule has 1 aliphatic heterocycles. The minimum atomic E-state index is -0.696. The maximum atomic E-state index is 13.8. The third-order valence-electron chi connectivity index (χ3n) is 6.70. The maximum absolute atomic E-state index is 13.8. The van der Waals surface area contributed by atoms with E-state index in [1.54, 1.807) is 41.4 Å². The van der Waals surface area contributed by atoms with Crippen LogP contribution in [0.2, 0.25) is 5.02 Å². The molecule has 3 heterocycles. The Morgan fingerprint density at radius 2 is 2.23 bits per heavy atom. The fraction of sp³-hybridized carbons (Fsp3) is 0.458. The van der Waals surface area contributed by atoms with Crippen molar-refractivity contribution in [1.82, 2.24) is 19.5 Å². The van der Waals surface area contributed by atoms with Gasteiger partial charge in [0, 0.05) is 17.8 Å². The number of halogens is 2. The number of pyridine rings is 1. The monoisotopic (exact) mass is 503 g/mol. The number of benzene rings is 1. The number of nitrogens with one attached hydrogen (secondary N) is 1. The molecule has 0 bridgehead atoms. The number of amides is 1. The molecule has 0 radical (unpaired) electrons. The van der Waals surface area contributed by atoms with E-state index in [9.17, 15) is 14.3 Å². The molecule has 2 fully saturated rings. The van der Waals surface area contributed by atoms with Crippen LogP contribution in [0.15, 0.2) is 36.5 Å². The van der Waals surface area contributed by atoms with Crippen LogP contribution < -0.4 is 10.1 Å². The quantitative estimate of drug-likeness (QED) is 0.532. The molecule has 9 nitrogen and oxygen atoms in total. The molecule has 1 aliphatic carbocycles. The summed E-state index contributed by atoms with van der Waals surface area (Å²) in [6, 6.07) is 7.85. The lowest BCUT2D eigenvalue weighted by Gasteiger charge is -2.55. The Labute approximate surface area is 206 Å². The molecule has 2 aromatic heterocycles. The van der Waals surface area contributed by atoms with Crippen LogP contribution >= 0.6 is 11.6 Å². The third kappa shape index (κ3) is 4.41. The topological polar surface area (TPSA) is 101 Å². The highest BCUT2D eigenvalue weighted by atomic mass is 35.5. The second kappa shape index (κ2) is 9.25. The molecule has 1 saturated heterocycles. The number of nitrogens with zero attached hydrogens (tertiary/aromatic N) is 4. The van der Waals surface area contributed by atoms with E-state index < -0.39 is 24.4 Å². The lowest BCUT2D eigenvalue weighted by molar-refractivity contribution is -0.154. The number of carbonyl (C=O) groups excluding carboxylic acids is 1. The van der Waals surface area contributed by atoms with Gasteiger partial charge < -0.3 is 24.8 Å². The largest absolute Gasteiger partial charge is 0.493 e. The lowest BCUT2D eigenvalue weighted by atomic mass is 9.72. The lowest BCUT2D eigenvalue weighted by Crippen LogP contribution is -2.68. The number of methoxy groups -OCH3 is 1. The Morgan fingerprint density at radius 1 is 1.43 bits per heavy atom. The fourth-order valence-corrected chi connectivity index (χ4v) is 5.06. The van der Waals surface area contributed by atoms with Gasteiger partial charge in [-0.25, -0.2) is 8.91 Å². The van der Waals surface area contributed by atoms with Gasteiger partial charge in [0.05, 0.1) is 43.1 Å². The van der Waals surface area contributed by atoms with Crippen molar-refractivity contribution in [2.75, 3.05) is 32.3 Å². The predicted molar refractivity (Wildman–Crippen MR) is 128 cm³/mol. The number of anilines is 1. The SMILES string of the molecule is COc1cc(C(=O)N2C[C@H](C)OCC23CC(O)C3)cn2nc(NC(CF)c3cccc(Cl)c3)nc12. The molecule has 1 aromatic carbocycles. The van der Waals surface area contributed by atoms with Gasteiger partial charge in [-0.15, -0.1) is 5.10 Å². The molecule has 5 rings (SSSR count). The summed E-state index contributed by atoms with van der Waals surface area (Å²) >= 11 is 6.06. The van der Waals surface area contributed by atoms with Crippen LogP contribution in [0.25, 0.3) is 5.65 Å². The van der Waals surface area contributed by atoms with Crippen molar-refractivity contribution < 1.29 is 23.8 Å². The van der Waals surface area contributed by atoms with Crippen molar-refractivity contribution >= 4 is 29.1 Å². The first kappa shape index (κ1) is 23.8. The fourth-order valence-electron chi connectivity index (χ4n) is 4.86. The number of aliphatic hydroxyl groups excluding tert-OH is 1. The highest BCUT2D eigenvalue weighted by Crippen LogP contribution is 2.42. The van der Waals surface area contributed by atoms with E-state index in [2.05, 4.69) is 15.4 Å². The zero-order valence-corrected chi connectivity index (χ0v) is 20.2. The maximum Gasteiger partial charge on any atom is 0.256 e. The number of alkyl halides is 1. The summed E-state index contributed by atoms with van der Waals surface area (Å²) in [6.07, 6.45) is 2.00. The average Bonchev–Trinajstić information content (AvgIpc) is 3.24. The van der Waals surface area contributed by atoms with Gasteiger partial charge in [-0.05, 0) is 43.5 Å². The Hall–Kier alpha value is -2.95. The van der Waals surface area contributed by atoms with Crippen LogP contribution in [0.1, 0.15) is 41.7 Å². The third-order valence-corrected chi connectivity index (χ3v) is 6.94. The van der Waals surface area contributed by atoms with Crippen molar-refractivity contribution in [1.29, 1.82) is 0 Å². The second-order valence-electron chi connectivity index (χ2n) is 9.23. The van der Waals surface area contributed by atoms with Gasteiger partial charge in [0.1, 0.15) is 6.67 Å². The Kier molecular flexibility index (Phi) is 6.29. The zero-order valence-electron chi connectivity index (χ0n) is 19.4. The summed E-state index contributed by atoms with van der Waals surface area (Å²) in [4.78, 5) is 19.9. The van der Waals surface area contributed by atoms with E-state index in [0.29, 0.717) is 53.5 Å². The summed E-state index contributed by atoms with van der Waals surface area (Å²) in [5.74, 6) is 0.354. The molecule has 1 unspecified atom stereocenters. The predicted octanol–water partition coefficient (Wildman–Crippen LogP) is 3.27. The van der Waals surface area contributed by atoms with Gasteiger partial charge >= 0.3 is 0 Å². The van der Waals surface area contributed by atoms with Crippen LogP contribution in [0.4, 0.5) is 10.3 Å². The number of hydrogen-bond donors (Lipinski definition) is 2. The number of hydrogen-bond acceptors (Lipinski definition) is 7. The number of fused-ring (bicyclic) bond motifs is 1. The molecule has 1 amide bonds. The van der Waals surface area contributed by atoms with Crippen LogP contribution in [-0.2, 0) is 4.74 Å². The van der Waals surface area contributed by atoms with Gasteiger partial charge in [0.2, 0.25) is 5.95 Å². The van der Waals surface area contributed by atoms with E-state index in [1.165, 1.54) is 11.6 Å². The molecular weight excluding hydrogens is 477 g/mol. The molecule has 2 atom stereocenters. The van der Waals surface area contributed by atoms with Crippen LogP contribution in [0.5, 0.6) is 5.75 Å². The summed E-state index contributed by atoms with van der Waals surface area (Å²) in [5, 5.41) is 17.9. The second-order valence-corrected chi connectivity index (χ2v) is 9.67. The molecule has 1 saturated carbocycles. The number of rotatable bonds is 6. The van der Waals surface area contributed by atoms with Crippen LogP contribution in [0, 0.1) is 0 Å². The van der Waals surface area contributed by atoms with E-state index in [-0.39, 0.29) is 18.0 Å². The van der Waals surface area contributed by atoms with Crippen LogP contribution in [-0.4, -0.2) is 75.2 Å². The highest BCUT2D eigenvalue weighted by molar-refractivity contribution is 6.30. The van der Waals surface area contributed by atoms with Crippen molar-refractivity contribution in [3.63, 3.8) is 0 Å². The number of morpholine rings is 1. The Morgan fingerprint density at radius 3 is 2.91 bits per heavy atom. The normalized spacial score (nSPS) is 24.9. The molecule has 35 heavy (non-hydrogen) atoms. The van der Waals surface area contributed by atoms with E-state index in [4.69, 9.17) is 21.1 Å². The molecule has 11 heteroatoms. The first-order chi connectivity index (χ1) is 16.8. The molecule has 1 spiro atoms. The molecule has 2 N–H and O–H groups in total. The molecular formula is C24H27ClFN5O4. The Bertz CT molecular complexity index is 1250. The molecule has 2 aliphatic rings. The molecule has 3 aromatic rings. The average molecular weight is 504 g/mol. The van der Waals surface area contributed by atoms with Gasteiger partial charge in [-0.1, -0.05) is 23.7 Å². The Balaban J connectivity index is 1.45. The van der Waals surface area contributed by atoms with Crippen LogP contribution in [0.3, 0.4) is 0 Å². The molecule has 186 valence electrons. The van der Waals surface area contributed by atoms with Crippen molar-refractivity contribution in [3.05, 3.63) is 52.7 Å². The van der Waals surface area contributed by atoms with Gasteiger partial charge in [-0.2, -0.15) is 4.98 Å². The number of aromatic nitrogens is 3. The van der Waals surface area contributed by atoms with E-state index in [0.717, 1.165) is 0 Å². The summed E-state index contributed by atoms with van der Waals surface area (Å²) < 4.78 is 26.6. The van der Waals surface area contributed by atoms with Crippen molar-refractivity contribution in [2.24, 2.45) is 0 Å². The number of carbonyl (C=O) groups is 1. The number of aliphatic hydroxyl groups is 1. The first-order valence-electron chi connectivity index (χ1n) is 11.5. The smallest absolute Gasteiger partial charge is 0.256 e. The van der Waals surface area contributed by atoms with E-state index in [1.807, 2.05) is 6.92 Å². The summed E-state index contributed by atoms with van der Waals surface area (Å²) in [5.41, 5.74) is 0.916. The minimum Gasteiger partial charge on any atom is -0.493 e. The van der Waals surface area contributed by atoms with Crippen molar-refractivity contribution in [2.45, 2.75) is 43.6 Å².